The highest BCUT2D eigenvalue weighted by atomic mass is 32.2. The largest absolute Gasteiger partial charge is 0.384 e. The van der Waals surface area contributed by atoms with Gasteiger partial charge in [-0.15, -0.1) is 0 Å². The molecule has 0 amide bonds. The first-order chi connectivity index (χ1) is 8.07. The minimum absolute atomic E-state index is 0.165. The number of hydrogen-bond donors (Lipinski definition) is 1. The number of nitrogens with one attached hydrogen (secondary N) is 1. The van der Waals surface area contributed by atoms with Crippen LogP contribution in [0.25, 0.3) is 0 Å². The summed E-state index contributed by atoms with van der Waals surface area (Å²) in [4.78, 5) is 0. The van der Waals surface area contributed by atoms with E-state index in [1.165, 1.54) is 0 Å². The molecule has 4 nitrogen and oxygen atoms in total. The third-order valence-corrected chi connectivity index (χ3v) is 4.13. The Balaban J connectivity index is 2.49. The lowest BCUT2D eigenvalue weighted by molar-refractivity contribution is 0.185. The zero-order valence-electron chi connectivity index (χ0n) is 10.3. The molecule has 0 aromatic heterocycles. The molecule has 0 bridgehead atoms. The first kappa shape index (κ1) is 14.0. The van der Waals surface area contributed by atoms with Crippen molar-refractivity contribution in [2.24, 2.45) is 0 Å². The first-order valence-electron chi connectivity index (χ1n) is 5.59. The molecule has 0 atom stereocenters. The van der Waals surface area contributed by atoms with Gasteiger partial charge in [-0.2, -0.15) is 0 Å². The van der Waals surface area contributed by atoms with E-state index in [0.29, 0.717) is 13.2 Å². The molecule has 1 rings (SSSR count). The van der Waals surface area contributed by atoms with E-state index in [9.17, 15) is 8.42 Å². The van der Waals surface area contributed by atoms with Gasteiger partial charge in [0.15, 0.2) is 9.84 Å². The van der Waals surface area contributed by atoms with Gasteiger partial charge in [0, 0.05) is 25.1 Å². The van der Waals surface area contributed by atoms with Crippen molar-refractivity contribution in [3.05, 3.63) is 29.8 Å². The third-order valence-electron chi connectivity index (χ3n) is 2.42. The van der Waals surface area contributed by atoms with Crippen LogP contribution in [0.1, 0.15) is 12.5 Å². The van der Waals surface area contributed by atoms with Crippen molar-refractivity contribution >= 4 is 15.5 Å². The van der Waals surface area contributed by atoms with Crippen LogP contribution in [0, 0.1) is 0 Å². The van der Waals surface area contributed by atoms with Crippen LogP contribution in [-0.4, -0.2) is 33.6 Å². The number of rotatable bonds is 7. The smallest absolute Gasteiger partial charge is 0.151 e. The molecule has 96 valence electrons. The van der Waals surface area contributed by atoms with Gasteiger partial charge in [-0.1, -0.05) is 19.1 Å². The number of anilines is 1. The van der Waals surface area contributed by atoms with Crippen molar-refractivity contribution in [3.8, 4) is 0 Å². The minimum atomic E-state index is -2.90. The van der Waals surface area contributed by atoms with Gasteiger partial charge in [-0.3, -0.25) is 0 Å². The Bertz CT molecular complexity index is 443. The van der Waals surface area contributed by atoms with Crippen molar-refractivity contribution in [1.82, 2.24) is 0 Å². The second-order valence-corrected chi connectivity index (χ2v) is 6.27. The third kappa shape index (κ3) is 5.19. The molecule has 1 N–H and O–H groups in total. The molecule has 0 saturated heterocycles. The first-order valence-corrected chi connectivity index (χ1v) is 7.41. The van der Waals surface area contributed by atoms with Crippen LogP contribution in [0.15, 0.2) is 24.3 Å². The van der Waals surface area contributed by atoms with Gasteiger partial charge in [0.1, 0.15) is 0 Å². The molecule has 0 aliphatic rings. The molecule has 0 aliphatic carbocycles. The second kappa shape index (κ2) is 6.61. The number of ether oxygens (including phenoxy) is 1. The van der Waals surface area contributed by atoms with Crippen LogP contribution < -0.4 is 5.32 Å². The number of sulfone groups is 1. The van der Waals surface area contributed by atoms with Crippen LogP contribution in [0.3, 0.4) is 0 Å². The van der Waals surface area contributed by atoms with Crippen LogP contribution in [0.4, 0.5) is 5.69 Å². The summed E-state index contributed by atoms with van der Waals surface area (Å²) in [5, 5.41) is 3.10. The zero-order valence-corrected chi connectivity index (χ0v) is 11.1. The maximum atomic E-state index is 11.3. The Morgan fingerprint density at radius 1 is 1.35 bits per heavy atom. The fraction of sp³-hybridized carbons (Fsp3) is 0.500. The summed E-state index contributed by atoms with van der Waals surface area (Å²) in [5.41, 5.74) is 1.99. The van der Waals surface area contributed by atoms with Gasteiger partial charge in [-0.05, 0) is 17.7 Å². The Hall–Kier alpha value is -1.07. The monoisotopic (exact) mass is 257 g/mol. The van der Waals surface area contributed by atoms with E-state index in [4.69, 9.17) is 4.74 Å². The standard InChI is InChI=1S/C12H19NO3S/c1-3-17(14,15)8-7-13-12-6-4-5-11(9-12)10-16-2/h4-6,9,13H,3,7-8,10H2,1-2H3. The minimum Gasteiger partial charge on any atom is -0.384 e. The van der Waals surface area contributed by atoms with Crippen LogP contribution in [0.2, 0.25) is 0 Å². The summed E-state index contributed by atoms with van der Waals surface area (Å²) in [6, 6.07) is 7.77. The molecule has 0 radical (unpaired) electrons. The second-order valence-electron chi connectivity index (χ2n) is 3.80. The number of hydrogen-bond acceptors (Lipinski definition) is 4. The SMILES string of the molecule is CCS(=O)(=O)CCNc1cccc(COC)c1. The van der Waals surface area contributed by atoms with Crippen molar-refractivity contribution in [2.75, 3.05) is 30.5 Å². The summed E-state index contributed by atoms with van der Waals surface area (Å²) in [6.45, 7) is 2.66. The Morgan fingerprint density at radius 2 is 2.12 bits per heavy atom. The van der Waals surface area contributed by atoms with E-state index < -0.39 is 9.84 Å². The highest BCUT2D eigenvalue weighted by molar-refractivity contribution is 7.91. The average molecular weight is 257 g/mol. The Labute approximate surface area is 103 Å². The van der Waals surface area contributed by atoms with E-state index >= 15 is 0 Å². The molecular weight excluding hydrogens is 238 g/mol. The summed E-state index contributed by atoms with van der Waals surface area (Å²) in [5.74, 6) is 0.358. The van der Waals surface area contributed by atoms with Crippen molar-refractivity contribution in [2.45, 2.75) is 13.5 Å². The lowest BCUT2D eigenvalue weighted by Crippen LogP contribution is -2.17. The lowest BCUT2D eigenvalue weighted by Gasteiger charge is -2.08. The molecule has 0 unspecified atom stereocenters. The topological polar surface area (TPSA) is 55.4 Å². The van der Waals surface area contributed by atoms with E-state index in [1.807, 2.05) is 24.3 Å². The van der Waals surface area contributed by atoms with Gasteiger partial charge < -0.3 is 10.1 Å². The van der Waals surface area contributed by atoms with Gasteiger partial charge in [0.05, 0.1) is 12.4 Å². The highest BCUT2D eigenvalue weighted by Crippen LogP contribution is 2.11. The van der Waals surface area contributed by atoms with E-state index in [1.54, 1.807) is 14.0 Å². The van der Waals surface area contributed by atoms with Crippen molar-refractivity contribution in [1.29, 1.82) is 0 Å². The summed E-state index contributed by atoms with van der Waals surface area (Å²) in [6.07, 6.45) is 0. The fourth-order valence-corrected chi connectivity index (χ4v) is 2.13. The van der Waals surface area contributed by atoms with Crippen molar-refractivity contribution in [3.63, 3.8) is 0 Å². The molecule has 1 aromatic rings. The van der Waals surface area contributed by atoms with Crippen LogP contribution >= 0.6 is 0 Å². The fourth-order valence-electron chi connectivity index (χ4n) is 1.43. The summed E-state index contributed by atoms with van der Waals surface area (Å²) < 4.78 is 27.6. The zero-order chi connectivity index (χ0) is 12.7. The van der Waals surface area contributed by atoms with Gasteiger partial charge in [-0.25, -0.2) is 8.42 Å². The summed E-state index contributed by atoms with van der Waals surface area (Å²) in [7, 11) is -1.25. The van der Waals surface area contributed by atoms with Crippen molar-refractivity contribution < 1.29 is 13.2 Å². The molecular formula is C12H19NO3S. The van der Waals surface area contributed by atoms with E-state index in [-0.39, 0.29) is 11.5 Å². The van der Waals surface area contributed by atoms with Gasteiger partial charge >= 0.3 is 0 Å². The lowest BCUT2D eigenvalue weighted by atomic mass is 10.2. The maximum Gasteiger partial charge on any atom is 0.151 e. The molecule has 0 fully saturated rings. The number of benzene rings is 1. The predicted octanol–water partition coefficient (Wildman–Crippen LogP) is 1.68. The maximum absolute atomic E-state index is 11.3. The highest BCUT2D eigenvalue weighted by Gasteiger charge is 2.06. The van der Waals surface area contributed by atoms with E-state index in [2.05, 4.69) is 5.32 Å². The van der Waals surface area contributed by atoms with E-state index in [0.717, 1.165) is 11.3 Å². The Morgan fingerprint density at radius 3 is 2.76 bits per heavy atom. The Kier molecular flexibility index (Phi) is 5.44. The molecule has 1 aromatic carbocycles. The molecule has 0 saturated carbocycles. The average Bonchev–Trinajstić information content (AvgIpc) is 2.30. The summed E-state index contributed by atoms with van der Waals surface area (Å²) >= 11 is 0. The molecule has 5 heteroatoms. The quantitative estimate of drug-likeness (QED) is 0.807. The normalized spacial score (nSPS) is 11.4. The van der Waals surface area contributed by atoms with Gasteiger partial charge in [0.25, 0.3) is 0 Å². The molecule has 17 heavy (non-hydrogen) atoms. The van der Waals surface area contributed by atoms with Gasteiger partial charge in [0.2, 0.25) is 0 Å². The molecule has 0 heterocycles. The molecule has 0 spiro atoms. The predicted molar refractivity (Wildman–Crippen MR) is 70.0 cm³/mol. The molecule has 0 aliphatic heterocycles. The van der Waals surface area contributed by atoms with Crippen LogP contribution in [0.5, 0.6) is 0 Å². The number of methoxy groups -OCH3 is 1. The van der Waals surface area contributed by atoms with Crippen LogP contribution in [-0.2, 0) is 21.2 Å².